The van der Waals surface area contributed by atoms with Crippen molar-refractivity contribution in [2.24, 2.45) is 17.8 Å². The van der Waals surface area contributed by atoms with Gasteiger partial charge in [-0.25, -0.2) is 4.79 Å². The number of imide groups is 4. The van der Waals surface area contributed by atoms with Gasteiger partial charge in [-0.2, -0.15) is 4.90 Å². The fourth-order valence-electron chi connectivity index (χ4n) is 6.26. The van der Waals surface area contributed by atoms with Crippen LogP contribution in [0.3, 0.4) is 0 Å². The molecule has 6 atom stereocenters. The first kappa shape index (κ1) is 24.6. The third-order valence-corrected chi connectivity index (χ3v) is 9.32. The summed E-state index contributed by atoms with van der Waals surface area (Å²) >= 11 is 14.1. The molecular formula is C24H22Cl2N2O8. The Morgan fingerprint density at radius 3 is 2.42 bits per heavy atom. The maximum absolute atomic E-state index is 13.5. The quantitative estimate of drug-likeness (QED) is 0.345. The summed E-state index contributed by atoms with van der Waals surface area (Å²) in [5.41, 5.74) is 0.983. The van der Waals surface area contributed by atoms with Crippen molar-refractivity contribution in [1.82, 2.24) is 9.80 Å². The Morgan fingerprint density at radius 1 is 1.08 bits per heavy atom. The zero-order valence-electron chi connectivity index (χ0n) is 19.5. The molecule has 3 fully saturated rings. The van der Waals surface area contributed by atoms with Crippen LogP contribution >= 0.6 is 23.2 Å². The van der Waals surface area contributed by atoms with Crippen molar-refractivity contribution in [1.29, 1.82) is 0 Å². The molecule has 2 aliphatic carbocycles. The van der Waals surface area contributed by atoms with Crippen LogP contribution < -0.4 is 4.74 Å². The minimum Gasteiger partial charge on any atom is -0.504 e. The molecule has 36 heavy (non-hydrogen) atoms. The molecule has 0 spiro atoms. The second kappa shape index (κ2) is 7.94. The van der Waals surface area contributed by atoms with Gasteiger partial charge >= 0.3 is 6.09 Å². The third-order valence-electron chi connectivity index (χ3n) is 7.91. The number of rotatable bonds is 2. The van der Waals surface area contributed by atoms with E-state index in [1.807, 2.05) is 0 Å². The Bertz CT molecular complexity index is 1280. The van der Waals surface area contributed by atoms with Gasteiger partial charge in [-0.05, 0) is 36.5 Å². The second-order valence-corrected chi connectivity index (χ2v) is 10.7. The van der Waals surface area contributed by atoms with Gasteiger partial charge in [-0.1, -0.05) is 17.7 Å². The van der Waals surface area contributed by atoms with Crippen LogP contribution in [0.25, 0.3) is 0 Å². The monoisotopic (exact) mass is 536 g/mol. The Kier molecular flexibility index (Phi) is 5.42. The Morgan fingerprint density at radius 2 is 1.78 bits per heavy atom. The molecule has 2 saturated heterocycles. The molecule has 1 aromatic rings. The van der Waals surface area contributed by atoms with E-state index >= 15 is 0 Å². The molecule has 190 valence electrons. The second-order valence-electron chi connectivity index (χ2n) is 9.41. The van der Waals surface area contributed by atoms with Crippen molar-refractivity contribution in [2.45, 2.75) is 28.5 Å². The van der Waals surface area contributed by atoms with Crippen LogP contribution in [0.1, 0.15) is 24.3 Å². The number of likely N-dealkylation sites (tertiary alicyclic amines) is 2. The minimum absolute atomic E-state index is 0.110. The standard InChI is InChI=1S/C24H22Cl2N2O8/c1-27-20(32)23(25)9-13-11(5-6-12-16(13)19(31)28(18(12)30)22(34)36-3)17(24(23,26)21(27)33)10-4-7-14(29)15(8-10)35-2/h4-5,7-8,12-13,16-17,29H,6,9H2,1-3H3. The summed E-state index contributed by atoms with van der Waals surface area (Å²) in [4.78, 5) is 62.8. The normalized spacial score (nSPS) is 35.3. The lowest BCUT2D eigenvalue weighted by molar-refractivity contribution is -0.139. The number of carbonyl (C=O) groups is 5. The molecule has 1 saturated carbocycles. The van der Waals surface area contributed by atoms with E-state index in [0.717, 1.165) is 12.0 Å². The van der Waals surface area contributed by atoms with Crippen molar-refractivity contribution in [2.75, 3.05) is 21.3 Å². The molecular weight excluding hydrogens is 515 g/mol. The lowest BCUT2D eigenvalue weighted by Crippen LogP contribution is -2.60. The predicted octanol–water partition coefficient (Wildman–Crippen LogP) is 2.16. The Balaban J connectivity index is 1.72. The molecule has 0 radical (unpaired) electrons. The maximum Gasteiger partial charge on any atom is 0.423 e. The number of phenols is 1. The number of allylic oxidation sites excluding steroid dienone is 2. The van der Waals surface area contributed by atoms with Crippen LogP contribution in [0.2, 0.25) is 0 Å². The highest BCUT2D eigenvalue weighted by Crippen LogP contribution is 2.65. The van der Waals surface area contributed by atoms with E-state index in [-0.39, 0.29) is 24.3 Å². The van der Waals surface area contributed by atoms with Crippen LogP contribution in [0, 0.1) is 17.8 Å². The summed E-state index contributed by atoms with van der Waals surface area (Å²) in [5, 5.41) is 10.1. The molecule has 0 aromatic heterocycles. The summed E-state index contributed by atoms with van der Waals surface area (Å²) < 4.78 is 9.87. The van der Waals surface area contributed by atoms with E-state index in [1.54, 1.807) is 6.08 Å². The van der Waals surface area contributed by atoms with Crippen LogP contribution in [-0.4, -0.2) is 75.6 Å². The maximum atomic E-state index is 13.5. The van der Waals surface area contributed by atoms with Gasteiger partial charge < -0.3 is 14.6 Å². The first-order chi connectivity index (χ1) is 16.9. The fourth-order valence-corrected chi connectivity index (χ4v) is 7.28. The highest BCUT2D eigenvalue weighted by atomic mass is 35.5. The van der Waals surface area contributed by atoms with E-state index in [2.05, 4.69) is 4.74 Å². The average Bonchev–Trinajstić information content (AvgIpc) is 3.19. The molecule has 2 aliphatic heterocycles. The van der Waals surface area contributed by atoms with E-state index in [9.17, 15) is 29.1 Å². The fraction of sp³-hybridized carbons (Fsp3) is 0.458. The van der Waals surface area contributed by atoms with Crippen LogP contribution in [0.4, 0.5) is 4.79 Å². The van der Waals surface area contributed by atoms with E-state index in [0.29, 0.717) is 16.0 Å². The zero-order chi connectivity index (χ0) is 26.3. The molecule has 2 heterocycles. The number of alkyl halides is 2. The molecule has 5 rings (SSSR count). The summed E-state index contributed by atoms with van der Waals surface area (Å²) in [6.45, 7) is 0. The van der Waals surface area contributed by atoms with Gasteiger partial charge in [-0.15, -0.1) is 23.2 Å². The van der Waals surface area contributed by atoms with Gasteiger partial charge in [0, 0.05) is 13.0 Å². The number of carbonyl (C=O) groups excluding carboxylic acids is 5. The lowest BCUT2D eigenvalue weighted by atomic mass is 9.56. The van der Waals surface area contributed by atoms with Crippen molar-refractivity contribution >= 4 is 52.9 Å². The molecule has 12 heteroatoms. The predicted molar refractivity (Wildman–Crippen MR) is 124 cm³/mol. The number of aromatic hydroxyl groups is 1. The molecule has 1 aromatic carbocycles. The lowest BCUT2D eigenvalue weighted by Gasteiger charge is -2.50. The number of halogens is 2. The summed E-state index contributed by atoms with van der Waals surface area (Å²) in [7, 11) is 3.71. The van der Waals surface area contributed by atoms with Crippen LogP contribution in [-0.2, 0) is 23.9 Å². The average molecular weight is 537 g/mol. The number of benzene rings is 1. The van der Waals surface area contributed by atoms with Gasteiger partial charge in [0.25, 0.3) is 11.8 Å². The number of ether oxygens (including phenoxy) is 2. The first-order valence-corrected chi connectivity index (χ1v) is 11.9. The number of methoxy groups -OCH3 is 2. The van der Waals surface area contributed by atoms with Crippen molar-refractivity contribution in [3.05, 3.63) is 35.4 Å². The Labute approximate surface area is 215 Å². The van der Waals surface area contributed by atoms with Gasteiger partial charge in [0.2, 0.25) is 11.8 Å². The molecule has 5 amide bonds. The van der Waals surface area contributed by atoms with Crippen molar-refractivity contribution < 1.29 is 38.6 Å². The van der Waals surface area contributed by atoms with Crippen LogP contribution in [0.15, 0.2) is 29.8 Å². The van der Waals surface area contributed by atoms with Crippen LogP contribution in [0.5, 0.6) is 11.5 Å². The third kappa shape index (κ3) is 2.82. The first-order valence-electron chi connectivity index (χ1n) is 11.2. The highest BCUT2D eigenvalue weighted by Gasteiger charge is 2.76. The number of nitrogens with zero attached hydrogens (tertiary/aromatic N) is 2. The van der Waals surface area contributed by atoms with E-state index in [4.69, 9.17) is 27.9 Å². The van der Waals surface area contributed by atoms with Gasteiger partial charge in [0.05, 0.1) is 26.1 Å². The van der Waals surface area contributed by atoms with E-state index in [1.165, 1.54) is 32.4 Å². The molecule has 10 nitrogen and oxygen atoms in total. The molecule has 1 N–H and O–H groups in total. The van der Waals surface area contributed by atoms with Gasteiger partial charge in [0.15, 0.2) is 21.2 Å². The summed E-state index contributed by atoms with van der Waals surface area (Å²) in [5.74, 6) is -6.52. The SMILES string of the molecule is COC(=O)N1C(=O)C2CC=C3C(CC4(Cl)C(=O)N(C)C(=O)C4(Cl)C3c3ccc(O)c(OC)c3)C2C1=O. The largest absolute Gasteiger partial charge is 0.504 e. The number of fused-ring (bicyclic) bond motifs is 4. The summed E-state index contributed by atoms with van der Waals surface area (Å²) in [6.07, 6.45) is 0.564. The van der Waals surface area contributed by atoms with Gasteiger partial charge in [0.1, 0.15) is 0 Å². The smallest absolute Gasteiger partial charge is 0.423 e. The topological polar surface area (TPSA) is 131 Å². The minimum atomic E-state index is -1.95. The number of hydrogen-bond acceptors (Lipinski definition) is 8. The van der Waals surface area contributed by atoms with Crippen molar-refractivity contribution in [3.8, 4) is 11.5 Å². The molecule has 4 aliphatic rings. The van der Waals surface area contributed by atoms with Gasteiger partial charge in [-0.3, -0.25) is 24.1 Å². The molecule has 0 bridgehead atoms. The summed E-state index contributed by atoms with van der Waals surface area (Å²) in [6, 6.07) is 4.40. The highest BCUT2D eigenvalue weighted by molar-refractivity contribution is 6.53. The zero-order valence-corrected chi connectivity index (χ0v) is 21.0. The van der Waals surface area contributed by atoms with E-state index < -0.39 is 63.1 Å². The number of hydrogen-bond donors (Lipinski definition) is 1. The molecule has 6 unspecified atom stereocenters. The Hall–Kier alpha value is -3.11. The number of amides is 5. The van der Waals surface area contributed by atoms with Crippen molar-refractivity contribution in [3.63, 3.8) is 0 Å². The number of phenolic OH excluding ortho intramolecular Hbond substituents is 1.